The van der Waals surface area contributed by atoms with Gasteiger partial charge in [-0.05, 0) is 23.8 Å². The molecule has 1 aliphatic heterocycles. The van der Waals surface area contributed by atoms with Crippen LogP contribution in [0.2, 0.25) is 10.0 Å². The highest BCUT2D eigenvalue weighted by Crippen LogP contribution is 2.35. The second-order valence-corrected chi connectivity index (χ2v) is 5.74. The van der Waals surface area contributed by atoms with Gasteiger partial charge in [-0.3, -0.25) is 9.59 Å². The molecule has 2 rings (SSSR count). The Balaban J connectivity index is 2.24. The molecule has 1 N–H and O–H groups in total. The first-order chi connectivity index (χ1) is 12.2. The number of urea groups is 1. The summed E-state index contributed by atoms with van der Waals surface area (Å²) in [6, 6.07) is 1.93. The fourth-order valence-electron chi connectivity index (χ4n) is 2.01. The minimum atomic E-state index is -1.45. The van der Waals surface area contributed by atoms with Crippen LogP contribution in [0.1, 0.15) is 5.56 Å². The maximum absolute atomic E-state index is 12.2. The average molecular weight is 402 g/mol. The molecule has 138 valence electrons. The molecule has 1 heterocycles. The molecule has 9 nitrogen and oxygen atoms in total. The van der Waals surface area contributed by atoms with E-state index in [0.29, 0.717) is 10.5 Å². The molecule has 26 heavy (non-hydrogen) atoms. The van der Waals surface area contributed by atoms with E-state index in [1.54, 1.807) is 0 Å². The van der Waals surface area contributed by atoms with Gasteiger partial charge in [-0.25, -0.2) is 9.69 Å². The molecule has 1 aliphatic rings. The molecule has 1 aromatic rings. The van der Waals surface area contributed by atoms with Crippen LogP contribution in [-0.2, 0) is 19.1 Å². The number of halogens is 2. The summed E-state index contributed by atoms with van der Waals surface area (Å²) in [5, 5.41) is 12.7. The molecular formula is C15H11Cl2N2O7-. The Hall–Kier alpha value is -2.78. The summed E-state index contributed by atoms with van der Waals surface area (Å²) in [6.45, 7) is -1.27. The van der Waals surface area contributed by atoms with Crippen molar-refractivity contribution in [2.45, 2.75) is 0 Å². The van der Waals surface area contributed by atoms with Crippen molar-refractivity contribution in [3.63, 3.8) is 0 Å². The van der Waals surface area contributed by atoms with Gasteiger partial charge < -0.3 is 24.7 Å². The van der Waals surface area contributed by atoms with Crippen molar-refractivity contribution in [2.24, 2.45) is 0 Å². The monoisotopic (exact) mass is 401 g/mol. The van der Waals surface area contributed by atoms with Gasteiger partial charge in [0.15, 0.2) is 5.75 Å². The smallest absolute Gasteiger partial charge is 0.329 e. The molecular weight excluding hydrogens is 391 g/mol. The number of aliphatic carboxylic acids is 1. The zero-order valence-electron chi connectivity index (χ0n) is 13.2. The molecule has 0 radical (unpaired) electrons. The maximum atomic E-state index is 12.2. The van der Waals surface area contributed by atoms with Gasteiger partial charge in [-0.15, -0.1) is 0 Å². The molecule has 1 saturated heterocycles. The van der Waals surface area contributed by atoms with Crippen LogP contribution in [0.25, 0.3) is 6.08 Å². The zero-order chi connectivity index (χ0) is 19.4. The van der Waals surface area contributed by atoms with Crippen LogP contribution in [0.4, 0.5) is 4.79 Å². The number of ether oxygens (including phenoxy) is 2. The summed E-state index contributed by atoms with van der Waals surface area (Å²) in [5.41, 5.74) is 0.235. The molecule has 3 amide bonds. The molecule has 0 saturated carbocycles. The second-order valence-electron chi connectivity index (χ2n) is 4.93. The third-order valence-corrected chi connectivity index (χ3v) is 3.70. The van der Waals surface area contributed by atoms with Crippen molar-refractivity contribution in [1.29, 1.82) is 0 Å². The molecule has 1 fully saturated rings. The molecule has 1 aromatic carbocycles. The molecule has 0 aliphatic carbocycles. The normalized spacial score (nSPS) is 15.2. The van der Waals surface area contributed by atoms with Gasteiger partial charge in [0.05, 0.1) is 23.1 Å². The molecule has 0 aromatic heterocycles. The van der Waals surface area contributed by atoms with Gasteiger partial charge in [0.1, 0.15) is 18.8 Å². The van der Waals surface area contributed by atoms with Crippen LogP contribution in [0.3, 0.4) is 0 Å². The van der Waals surface area contributed by atoms with E-state index >= 15 is 0 Å². The number of nitrogens with one attached hydrogen (secondary N) is 1. The predicted octanol–water partition coefficient (Wildman–Crippen LogP) is 0.188. The quantitative estimate of drug-likeness (QED) is 0.409. The highest BCUT2D eigenvalue weighted by atomic mass is 35.5. The first-order valence-electron chi connectivity index (χ1n) is 6.96. The van der Waals surface area contributed by atoms with Gasteiger partial charge in [0.25, 0.3) is 5.91 Å². The second kappa shape index (κ2) is 8.07. The SMILES string of the molecule is COC(=O)CN1C(=O)N/C(=C/c2cc(Cl)c(OCC(=O)[O-])c(Cl)c2)C1=O. The molecule has 11 heteroatoms. The summed E-state index contributed by atoms with van der Waals surface area (Å²) in [5.74, 6) is -3.00. The highest BCUT2D eigenvalue weighted by molar-refractivity contribution is 6.37. The molecule has 0 unspecified atom stereocenters. The Kier molecular flexibility index (Phi) is 6.06. The van der Waals surface area contributed by atoms with Gasteiger partial charge in [-0.2, -0.15) is 0 Å². The van der Waals surface area contributed by atoms with Crippen molar-refractivity contribution in [2.75, 3.05) is 20.3 Å². The largest absolute Gasteiger partial charge is 0.546 e. The first kappa shape index (κ1) is 19.5. The van der Waals surface area contributed by atoms with Crippen molar-refractivity contribution in [1.82, 2.24) is 10.2 Å². The average Bonchev–Trinajstić information content (AvgIpc) is 2.81. The number of carboxylic acid groups (broad SMARTS) is 1. The molecule has 0 spiro atoms. The summed E-state index contributed by atoms with van der Waals surface area (Å²) >= 11 is 12.0. The Morgan fingerprint density at radius 2 is 1.88 bits per heavy atom. The number of benzene rings is 1. The van der Waals surface area contributed by atoms with E-state index in [2.05, 4.69) is 10.1 Å². The van der Waals surface area contributed by atoms with E-state index in [-0.39, 0.29) is 21.5 Å². The summed E-state index contributed by atoms with van der Waals surface area (Å²) in [7, 11) is 1.13. The van der Waals surface area contributed by atoms with Crippen LogP contribution in [-0.4, -0.2) is 49.0 Å². The Morgan fingerprint density at radius 1 is 1.27 bits per heavy atom. The van der Waals surface area contributed by atoms with E-state index in [1.807, 2.05) is 0 Å². The lowest BCUT2D eigenvalue weighted by Crippen LogP contribution is -2.36. The number of hydrogen-bond acceptors (Lipinski definition) is 7. The summed E-state index contributed by atoms with van der Waals surface area (Å²) in [6.07, 6.45) is 1.29. The molecule has 0 atom stereocenters. The van der Waals surface area contributed by atoms with Crippen LogP contribution >= 0.6 is 23.2 Å². The number of amides is 3. The van der Waals surface area contributed by atoms with Gasteiger partial charge in [-0.1, -0.05) is 23.2 Å². The van der Waals surface area contributed by atoms with Crippen LogP contribution < -0.4 is 15.2 Å². The van der Waals surface area contributed by atoms with Crippen molar-refractivity contribution in [3.8, 4) is 5.75 Å². The Labute approximate surface area is 157 Å². The standard InChI is InChI=1S/C15H12Cl2N2O7/c1-25-12(22)5-19-14(23)10(18-15(19)24)4-7-2-8(16)13(9(17)3-7)26-6-11(20)21/h2-4H,5-6H2,1H3,(H,18,24)(H,20,21)/p-1/b10-4+. The van der Waals surface area contributed by atoms with Gasteiger partial charge in [0.2, 0.25) is 0 Å². The number of nitrogens with zero attached hydrogens (tertiary/aromatic N) is 1. The van der Waals surface area contributed by atoms with Crippen LogP contribution in [0.5, 0.6) is 5.75 Å². The zero-order valence-corrected chi connectivity index (χ0v) is 14.7. The number of hydrogen-bond donors (Lipinski definition) is 1. The number of carbonyl (C=O) groups is 4. The minimum Gasteiger partial charge on any atom is -0.546 e. The Morgan fingerprint density at radius 3 is 2.42 bits per heavy atom. The van der Waals surface area contributed by atoms with E-state index in [0.717, 1.165) is 7.11 Å². The summed E-state index contributed by atoms with van der Waals surface area (Å²) in [4.78, 5) is 46.3. The number of carbonyl (C=O) groups excluding carboxylic acids is 4. The van der Waals surface area contributed by atoms with Crippen molar-refractivity contribution < 1.29 is 33.8 Å². The van der Waals surface area contributed by atoms with Crippen molar-refractivity contribution in [3.05, 3.63) is 33.4 Å². The van der Waals surface area contributed by atoms with E-state index in [4.69, 9.17) is 27.9 Å². The lowest BCUT2D eigenvalue weighted by molar-refractivity contribution is -0.307. The highest BCUT2D eigenvalue weighted by Gasteiger charge is 2.35. The van der Waals surface area contributed by atoms with Crippen LogP contribution in [0.15, 0.2) is 17.8 Å². The van der Waals surface area contributed by atoms with E-state index in [9.17, 15) is 24.3 Å². The topological polar surface area (TPSA) is 125 Å². The number of rotatable bonds is 6. The lowest BCUT2D eigenvalue weighted by atomic mass is 10.1. The number of carboxylic acids is 1. The van der Waals surface area contributed by atoms with E-state index in [1.165, 1.54) is 18.2 Å². The number of imide groups is 1. The van der Waals surface area contributed by atoms with Gasteiger partial charge >= 0.3 is 12.0 Å². The van der Waals surface area contributed by atoms with E-state index < -0.39 is 37.0 Å². The van der Waals surface area contributed by atoms with Crippen molar-refractivity contribution >= 4 is 53.2 Å². The minimum absolute atomic E-state index is 0.00575. The fourth-order valence-corrected chi connectivity index (χ4v) is 2.62. The van der Waals surface area contributed by atoms with Crippen LogP contribution in [0, 0.1) is 0 Å². The fraction of sp³-hybridized carbons (Fsp3) is 0.200. The predicted molar refractivity (Wildman–Crippen MR) is 87.2 cm³/mol. The number of methoxy groups -OCH3 is 1. The third-order valence-electron chi connectivity index (χ3n) is 3.14. The lowest BCUT2D eigenvalue weighted by Gasteiger charge is -2.11. The third kappa shape index (κ3) is 4.44. The molecule has 0 bridgehead atoms. The first-order valence-corrected chi connectivity index (χ1v) is 7.71. The summed E-state index contributed by atoms with van der Waals surface area (Å²) < 4.78 is 9.34. The maximum Gasteiger partial charge on any atom is 0.329 e. The number of esters is 1. The Bertz CT molecular complexity index is 799. The van der Waals surface area contributed by atoms with Gasteiger partial charge in [0, 0.05) is 0 Å².